The number of carbonyl (C=O) groups excluding carboxylic acids is 2. The van der Waals surface area contributed by atoms with Crippen molar-refractivity contribution in [3.8, 4) is 5.75 Å². The van der Waals surface area contributed by atoms with E-state index < -0.39 is 0 Å². The van der Waals surface area contributed by atoms with Gasteiger partial charge in [0.05, 0.1) is 12.6 Å². The lowest BCUT2D eigenvalue weighted by molar-refractivity contribution is -0.115. The molecular weight excluding hydrogens is 390 g/mol. The van der Waals surface area contributed by atoms with E-state index in [9.17, 15) is 9.59 Å². The van der Waals surface area contributed by atoms with Gasteiger partial charge < -0.3 is 20.7 Å². The van der Waals surface area contributed by atoms with Crippen molar-refractivity contribution in [3.05, 3.63) is 59.7 Å². The van der Waals surface area contributed by atoms with Crippen LogP contribution < -0.4 is 20.7 Å². The minimum absolute atomic E-state index is 0.0778. The van der Waals surface area contributed by atoms with Gasteiger partial charge in [0.2, 0.25) is 5.91 Å². The number of carbonyl (C=O) groups is 2. The average Bonchev–Trinajstić information content (AvgIpc) is 2.75. The van der Waals surface area contributed by atoms with Crippen molar-refractivity contribution in [1.82, 2.24) is 10.6 Å². The maximum atomic E-state index is 12.5. The van der Waals surface area contributed by atoms with Crippen molar-refractivity contribution in [2.75, 3.05) is 11.9 Å². The first kappa shape index (κ1) is 22.8. The van der Waals surface area contributed by atoms with Crippen molar-refractivity contribution < 1.29 is 14.3 Å². The highest BCUT2D eigenvalue weighted by Gasteiger charge is 2.17. The summed E-state index contributed by atoms with van der Waals surface area (Å²) in [5.74, 6) is 0.611. The van der Waals surface area contributed by atoms with E-state index in [-0.39, 0.29) is 30.5 Å². The van der Waals surface area contributed by atoms with E-state index in [2.05, 4.69) is 16.0 Å². The zero-order chi connectivity index (χ0) is 22.1. The maximum absolute atomic E-state index is 12.5. The molecule has 1 aliphatic rings. The molecule has 0 bridgehead atoms. The van der Waals surface area contributed by atoms with Crippen LogP contribution in [0.1, 0.15) is 61.9 Å². The van der Waals surface area contributed by atoms with Gasteiger partial charge >= 0.3 is 0 Å². The van der Waals surface area contributed by atoms with Crippen molar-refractivity contribution in [1.29, 1.82) is 0 Å². The third-order valence-electron chi connectivity index (χ3n) is 5.26. The lowest BCUT2D eigenvalue weighted by Gasteiger charge is -2.22. The average molecular weight is 424 g/mol. The fraction of sp³-hybridized carbons (Fsp3) is 0.440. The summed E-state index contributed by atoms with van der Waals surface area (Å²) >= 11 is 0. The van der Waals surface area contributed by atoms with Gasteiger partial charge in [-0.1, -0.05) is 37.5 Å². The molecule has 1 fully saturated rings. The lowest BCUT2D eigenvalue weighted by Crippen LogP contribution is -2.36. The van der Waals surface area contributed by atoms with Crippen LogP contribution in [0.15, 0.2) is 48.5 Å². The predicted molar refractivity (Wildman–Crippen MR) is 123 cm³/mol. The molecule has 166 valence electrons. The second-order valence-electron chi connectivity index (χ2n) is 8.35. The van der Waals surface area contributed by atoms with Crippen LogP contribution in [0.25, 0.3) is 0 Å². The first-order valence-electron chi connectivity index (χ1n) is 11.2. The van der Waals surface area contributed by atoms with Crippen LogP contribution in [-0.4, -0.2) is 30.5 Å². The molecule has 0 aromatic heterocycles. The van der Waals surface area contributed by atoms with Crippen LogP contribution >= 0.6 is 0 Å². The molecule has 6 heteroatoms. The Hall–Kier alpha value is -2.86. The van der Waals surface area contributed by atoms with Crippen molar-refractivity contribution in [2.24, 2.45) is 0 Å². The zero-order valence-electron chi connectivity index (χ0n) is 18.4. The Balaban J connectivity index is 1.43. The zero-order valence-corrected chi connectivity index (χ0v) is 18.4. The summed E-state index contributed by atoms with van der Waals surface area (Å²) in [6.07, 6.45) is 5.82. The summed E-state index contributed by atoms with van der Waals surface area (Å²) in [6.45, 7) is 4.75. The number of hydrogen-bond donors (Lipinski definition) is 3. The van der Waals surface area contributed by atoms with Gasteiger partial charge in [0.15, 0.2) is 0 Å². The molecule has 1 saturated carbocycles. The fourth-order valence-electron chi connectivity index (χ4n) is 3.74. The number of nitrogens with one attached hydrogen (secondary N) is 3. The van der Waals surface area contributed by atoms with Crippen molar-refractivity contribution >= 4 is 17.5 Å². The smallest absolute Gasteiger partial charge is 0.251 e. The van der Waals surface area contributed by atoms with Crippen molar-refractivity contribution in [2.45, 2.75) is 64.6 Å². The quantitative estimate of drug-likeness (QED) is 0.563. The van der Waals surface area contributed by atoms with Crippen molar-refractivity contribution in [3.63, 3.8) is 0 Å². The molecule has 0 unspecified atom stereocenters. The number of anilines is 1. The molecule has 2 aromatic carbocycles. The minimum atomic E-state index is -0.149. The summed E-state index contributed by atoms with van der Waals surface area (Å²) in [7, 11) is 0. The van der Waals surface area contributed by atoms with E-state index in [1.807, 2.05) is 38.1 Å². The number of hydrogen-bond acceptors (Lipinski definition) is 4. The summed E-state index contributed by atoms with van der Waals surface area (Å²) in [6, 6.07) is 15.2. The summed E-state index contributed by atoms with van der Waals surface area (Å²) < 4.78 is 5.63. The van der Waals surface area contributed by atoms with E-state index in [0.717, 1.165) is 24.2 Å². The minimum Gasteiger partial charge on any atom is -0.491 e. The number of ether oxygens (including phenoxy) is 1. The van der Waals surface area contributed by atoms with Gasteiger partial charge in [-0.15, -0.1) is 0 Å². The molecule has 3 N–H and O–H groups in total. The van der Waals surface area contributed by atoms with Crippen LogP contribution in [0, 0.1) is 0 Å². The summed E-state index contributed by atoms with van der Waals surface area (Å²) in [4.78, 5) is 24.8. The van der Waals surface area contributed by atoms with E-state index in [1.165, 1.54) is 19.3 Å². The Kier molecular flexibility index (Phi) is 8.47. The lowest BCUT2D eigenvalue weighted by atomic mass is 9.95. The molecule has 31 heavy (non-hydrogen) atoms. The first-order chi connectivity index (χ1) is 15.0. The molecule has 0 aliphatic heterocycles. The van der Waals surface area contributed by atoms with Crippen LogP contribution in [0.4, 0.5) is 5.69 Å². The topological polar surface area (TPSA) is 79.5 Å². The van der Waals surface area contributed by atoms with Gasteiger partial charge in [-0.05, 0) is 62.6 Å². The van der Waals surface area contributed by atoms with Crippen LogP contribution in [0.5, 0.6) is 5.75 Å². The first-order valence-corrected chi connectivity index (χ1v) is 11.2. The highest BCUT2D eigenvalue weighted by atomic mass is 16.5. The maximum Gasteiger partial charge on any atom is 0.251 e. The van der Waals surface area contributed by atoms with Gasteiger partial charge in [-0.25, -0.2) is 0 Å². The number of amides is 2. The van der Waals surface area contributed by atoms with Gasteiger partial charge in [-0.2, -0.15) is 0 Å². The van der Waals surface area contributed by atoms with Gasteiger partial charge in [-0.3, -0.25) is 9.59 Å². The molecule has 2 amide bonds. The van der Waals surface area contributed by atoms with E-state index in [1.54, 1.807) is 24.3 Å². The Bertz CT molecular complexity index is 859. The van der Waals surface area contributed by atoms with Gasteiger partial charge in [0, 0.05) is 23.8 Å². The van der Waals surface area contributed by atoms with Crippen LogP contribution in [0.2, 0.25) is 0 Å². The highest BCUT2D eigenvalue weighted by Crippen LogP contribution is 2.18. The third-order valence-corrected chi connectivity index (χ3v) is 5.26. The second kappa shape index (κ2) is 11.5. The van der Waals surface area contributed by atoms with E-state index in [4.69, 9.17) is 4.74 Å². The highest BCUT2D eigenvalue weighted by molar-refractivity contribution is 5.97. The molecule has 1 aliphatic carbocycles. The monoisotopic (exact) mass is 423 g/mol. The van der Waals surface area contributed by atoms with Crippen LogP contribution in [0.3, 0.4) is 0 Å². The summed E-state index contributed by atoms with van der Waals surface area (Å²) in [5, 5.41) is 9.11. The molecule has 3 rings (SSSR count). The molecule has 6 nitrogen and oxygen atoms in total. The number of benzene rings is 2. The molecule has 0 radical (unpaired) electrons. The summed E-state index contributed by atoms with van der Waals surface area (Å²) in [5.41, 5.74) is 2.27. The SMILES string of the molecule is CC(C)Oc1ccc(CNCC(=O)Nc2cccc(C(=O)NC3CCCCC3)c2)cc1. The van der Waals surface area contributed by atoms with E-state index >= 15 is 0 Å². The second-order valence-corrected chi connectivity index (χ2v) is 8.35. The normalized spacial score (nSPS) is 14.3. The van der Waals surface area contributed by atoms with Gasteiger partial charge in [0.25, 0.3) is 5.91 Å². The molecule has 0 heterocycles. The largest absolute Gasteiger partial charge is 0.491 e. The molecule has 2 aromatic rings. The van der Waals surface area contributed by atoms with Crippen LogP contribution in [-0.2, 0) is 11.3 Å². The Labute approximate surface area is 184 Å². The third kappa shape index (κ3) is 7.72. The molecule has 0 spiro atoms. The Morgan fingerprint density at radius 1 is 1.03 bits per heavy atom. The Morgan fingerprint density at radius 2 is 1.77 bits per heavy atom. The predicted octanol–water partition coefficient (Wildman–Crippen LogP) is 4.26. The Morgan fingerprint density at radius 3 is 2.48 bits per heavy atom. The van der Waals surface area contributed by atoms with E-state index in [0.29, 0.717) is 17.8 Å². The molecule has 0 saturated heterocycles. The standard InChI is InChI=1S/C25H33N3O3/c1-18(2)31-23-13-11-19(12-14-23)16-26-17-24(29)27-22-10-6-7-20(15-22)25(30)28-21-8-4-3-5-9-21/h6-7,10-15,18,21,26H,3-5,8-9,16-17H2,1-2H3,(H,27,29)(H,28,30). The molecule has 0 atom stereocenters. The number of rotatable bonds is 9. The fourth-order valence-corrected chi connectivity index (χ4v) is 3.74. The molecular formula is C25H33N3O3. The van der Waals surface area contributed by atoms with Gasteiger partial charge in [0.1, 0.15) is 5.75 Å².